The minimum Gasteiger partial charge on any atom is -0.444 e. The fraction of sp³-hybridized carbons (Fsp3) is 0.941. The van der Waals surface area contributed by atoms with Crippen LogP contribution < -0.4 is 5.32 Å². The van der Waals surface area contributed by atoms with E-state index < -0.39 is 16.3 Å². The van der Waals surface area contributed by atoms with E-state index in [0.717, 1.165) is 51.9 Å². The molecule has 0 aromatic rings. The maximum absolute atomic E-state index is 11.9. The van der Waals surface area contributed by atoms with Crippen LogP contribution in [0.1, 0.15) is 46.5 Å². The Hall–Kier alpha value is -0.860. The molecule has 2 rings (SSSR count). The van der Waals surface area contributed by atoms with Gasteiger partial charge in [0.2, 0.25) is 0 Å². The van der Waals surface area contributed by atoms with E-state index in [1.54, 1.807) is 0 Å². The van der Waals surface area contributed by atoms with Crippen molar-refractivity contribution in [1.82, 2.24) is 15.1 Å². The molecule has 1 N–H and O–H groups in total. The van der Waals surface area contributed by atoms with Crippen molar-refractivity contribution < 1.29 is 17.9 Å². The number of amides is 1. The van der Waals surface area contributed by atoms with Crippen molar-refractivity contribution >= 4 is 16.8 Å². The zero-order valence-corrected chi connectivity index (χ0v) is 16.8. The second kappa shape index (κ2) is 8.68. The van der Waals surface area contributed by atoms with Gasteiger partial charge in [0.15, 0.2) is 10.7 Å². The molecule has 0 aromatic carbocycles. The molecule has 0 spiro atoms. The van der Waals surface area contributed by atoms with Gasteiger partial charge in [-0.1, -0.05) is 0 Å². The summed E-state index contributed by atoms with van der Waals surface area (Å²) < 4.78 is 29.1. The highest BCUT2D eigenvalue weighted by Crippen LogP contribution is 2.30. The Morgan fingerprint density at radius 2 is 1.64 bits per heavy atom. The Morgan fingerprint density at radius 3 is 2.12 bits per heavy atom. The Kier molecular flexibility index (Phi) is 7.10. The van der Waals surface area contributed by atoms with Gasteiger partial charge in [0, 0.05) is 32.2 Å². The fourth-order valence-electron chi connectivity index (χ4n) is 3.73. The van der Waals surface area contributed by atoms with Gasteiger partial charge in [-0.3, -0.25) is 4.90 Å². The topological polar surface area (TPSA) is 79.0 Å². The van der Waals surface area contributed by atoms with Crippen LogP contribution in [-0.4, -0.2) is 74.6 Å². The van der Waals surface area contributed by atoms with Crippen LogP contribution in [0, 0.1) is 5.92 Å². The number of hydrogen-bond acceptors (Lipinski definition) is 6. The van der Waals surface area contributed by atoms with E-state index in [0.29, 0.717) is 0 Å². The molecule has 7 nitrogen and oxygen atoms in total. The summed E-state index contributed by atoms with van der Waals surface area (Å²) in [4.78, 5) is 16.2. The summed E-state index contributed by atoms with van der Waals surface area (Å²) in [5.74, 6) is 0.154. The Morgan fingerprint density at radius 1 is 1.08 bits per heavy atom. The molecule has 2 fully saturated rings. The standard InChI is InChI=1S/C17H33N3O4S/c1-17(2,3)24-16(21)18-14-7-5-13(6-8-14)15(25(22)23)20-11-9-19(4)10-12-20/h13-15,25H,5-12H2,1-4H3,(H,18,21). The lowest BCUT2D eigenvalue weighted by Gasteiger charge is -2.40. The minimum atomic E-state index is -2.48. The van der Waals surface area contributed by atoms with Crippen LogP contribution >= 0.6 is 0 Å². The molecule has 1 atom stereocenters. The summed E-state index contributed by atoms with van der Waals surface area (Å²) in [5.41, 5.74) is -0.505. The molecule has 0 aromatic heterocycles. The van der Waals surface area contributed by atoms with Crippen LogP contribution in [0.2, 0.25) is 0 Å². The second-order valence-electron chi connectivity index (χ2n) is 8.30. The number of carbonyl (C=O) groups is 1. The Balaban J connectivity index is 1.85. The zero-order valence-electron chi connectivity index (χ0n) is 15.9. The van der Waals surface area contributed by atoms with Crippen LogP contribution in [0.25, 0.3) is 0 Å². The number of piperazine rings is 1. The van der Waals surface area contributed by atoms with Gasteiger partial charge in [-0.25, -0.2) is 13.2 Å². The lowest BCUT2D eigenvalue weighted by atomic mass is 9.85. The summed E-state index contributed by atoms with van der Waals surface area (Å²) in [6.45, 7) is 8.96. The van der Waals surface area contributed by atoms with Crippen LogP contribution in [0.15, 0.2) is 0 Å². The average molecular weight is 376 g/mol. The summed E-state index contributed by atoms with van der Waals surface area (Å²) >= 11 is 0. The Bertz CT molecular complexity index is 508. The lowest BCUT2D eigenvalue weighted by Crippen LogP contribution is -2.53. The van der Waals surface area contributed by atoms with E-state index in [2.05, 4.69) is 22.2 Å². The molecule has 1 aliphatic heterocycles. The highest BCUT2D eigenvalue weighted by atomic mass is 32.2. The van der Waals surface area contributed by atoms with Gasteiger partial charge in [0.05, 0.1) is 0 Å². The van der Waals surface area contributed by atoms with Crippen molar-refractivity contribution in [2.45, 2.75) is 63.5 Å². The molecule has 0 radical (unpaired) electrons. The van der Waals surface area contributed by atoms with Crippen molar-refractivity contribution in [2.75, 3.05) is 33.2 Å². The van der Waals surface area contributed by atoms with Gasteiger partial charge in [0.1, 0.15) is 11.0 Å². The minimum absolute atomic E-state index is 0.0729. The molecule has 1 amide bonds. The maximum atomic E-state index is 11.9. The Labute approximate surface area is 153 Å². The van der Waals surface area contributed by atoms with Crippen LogP contribution in [0.4, 0.5) is 4.79 Å². The van der Waals surface area contributed by atoms with Crippen molar-refractivity contribution in [3.8, 4) is 0 Å². The van der Waals surface area contributed by atoms with Gasteiger partial charge in [0.25, 0.3) is 0 Å². The second-order valence-corrected chi connectivity index (χ2v) is 9.40. The zero-order chi connectivity index (χ0) is 18.6. The molecule has 25 heavy (non-hydrogen) atoms. The number of nitrogens with one attached hydrogen (secondary N) is 1. The van der Waals surface area contributed by atoms with Crippen molar-refractivity contribution in [3.05, 3.63) is 0 Å². The van der Waals surface area contributed by atoms with Gasteiger partial charge in [-0.05, 0) is 59.4 Å². The number of carbonyl (C=O) groups excluding carboxylic acids is 1. The summed E-state index contributed by atoms with van der Waals surface area (Å²) in [6, 6.07) is 0.0729. The SMILES string of the molecule is CN1CCN(C(C2CCC(NC(=O)OC(C)(C)C)CC2)[SH](=O)=O)CC1. The largest absolute Gasteiger partial charge is 0.444 e. The molecule has 0 bridgehead atoms. The monoisotopic (exact) mass is 375 g/mol. The third-order valence-electron chi connectivity index (χ3n) is 5.04. The number of likely N-dealkylation sites (N-methyl/N-ethyl adjacent to an activating group) is 1. The molecule has 8 heteroatoms. The molecule has 146 valence electrons. The number of nitrogens with zero attached hydrogens (tertiary/aromatic N) is 2. The first kappa shape index (κ1) is 20.5. The number of alkyl carbamates (subject to hydrolysis) is 1. The van der Waals surface area contributed by atoms with Crippen molar-refractivity contribution in [2.24, 2.45) is 5.92 Å². The summed E-state index contributed by atoms with van der Waals surface area (Å²) in [7, 11) is -0.411. The molecule has 1 heterocycles. The fourth-order valence-corrected chi connectivity index (χ4v) is 4.87. The molecule has 2 aliphatic rings. The first-order chi connectivity index (χ1) is 11.7. The molecular formula is C17H33N3O4S. The third kappa shape index (κ3) is 6.42. The molecule has 1 saturated carbocycles. The van der Waals surface area contributed by atoms with E-state index in [-0.39, 0.29) is 23.4 Å². The van der Waals surface area contributed by atoms with Gasteiger partial charge in [-0.15, -0.1) is 0 Å². The summed E-state index contributed by atoms with van der Waals surface area (Å²) in [6.07, 6.45) is 2.86. The average Bonchev–Trinajstić information content (AvgIpc) is 2.49. The molecule has 1 unspecified atom stereocenters. The number of hydrogen-bond donors (Lipinski definition) is 2. The number of thiol groups is 1. The third-order valence-corrected chi connectivity index (χ3v) is 6.22. The van der Waals surface area contributed by atoms with Gasteiger partial charge >= 0.3 is 6.09 Å². The van der Waals surface area contributed by atoms with E-state index in [1.807, 2.05) is 20.8 Å². The number of rotatable bonds is 4. The quantitative estimate of drug-likeness (QED) is 0.720. The smallest absolute Gasteiger partial charge is 0.407 e. The highest BCUT2D eigenvalue weighted by molar-refractivity contribution is 7.73. The molecule has 1 saturated heterocycles. The first-order valence-electron chi connectivity index (χ1n) is 9.21. The highest BCUT2D eigenvalue weighted by Gasteiger charge is 2.35. The molecule has 1 aliphatic carbocycles. The number of ether oxygens (including phenoxy) is 1. The van der Waals surface area contributed by atoms with E-state index in [4.69, 9.17) is 4.74 Å². The van der Waals surface area contributed by atoms with Gasteiger partial charge < -0.3 is 15.0 Å². The van der Waals surface area contributed by atoms with Crippen LogP contribution in [-0.2, 0) is 15.4 Å². The van der Waals surface area contributed by atoms with Crippen molar-refractivity contribution in [3.63, 3.8) is 0 Å². The van der Waals surface area contributed by atoms with Crippen molar-refractivity contribution in [1.29, 1.82) is 0 Å². The summed E-state index contributed by atoms with van der Waals surface area (Å²) in [5, 5.41) is 2.55. The van der Waals surface area contributed by atoms with Crippen LogP contribution in [0.3, 0.4) is 0 Å². The van der Waals surface area contributed by atoms with E-state index in [1.165, 1.54) is 0 Å². The predicted molar refractivity (Wildman–Crippen MR) is 98.3 cm³/mol. The normalized spacial score (nSPS) is 27.9. The van der Waals surface area contributed by atoms with E-state index >= 15 is 0 Å². The molecular weight excluding hydrogens is 342 g/mol. The maximum Gasteiger partial charge on any atom is 0.407 e. The van der Waals surface area contributed by atoms with E-state index in [9.17, 15) is 13.2 Å². The van der Waals surface area contributed by atoms with Gasteiger partial charge in [-0.2, -0.15) is 0 Å². The first-order valence-corrected chi connectivity index (χ1v) is 10.5. The van der Waals surface area contributed by atoms with Crippen LogP contribution in [0.5, 0.6) is 0 Å². The predicted octanol–water partition coefficient (Wildman–Crippen LogP) is 1.25. The lowest BCUT2D eigenvalue weighted by molar-refractivity contribution is 0.0476.